The van der Waals surface area contributed by atoms with Gasteiger partial charge in [-0.1, -0.05) is 0 Å². The molecule has 0 amide bonds. The van der Waals surface area contributed by atoms with Crippen molar-refractivity contribution < 1.29 is 19.8 Å². The van der Waals surface area contributed by atoms with Gasteiger partial charge < -0.3 is 10.2 Å². The van der Waals surface area contributed by atoms with Crippen molar-refractivity contribution in [1.82, 2.24) is 0 Å². The van der Waals surface area contributed by atoms with Gasteiger partial charge in [0.15, 0.2) is 0 Å². The molecule has 0 unspecified atom stereocenters. The zero-order valence-electron chi connectivity index (χ0n) is 8.37. The predicted octanol–water partition coefficient (Wildman–Crippen LogP) is 1.67. The molecule has 76 valence electrons. The third-order valence-electron chi connectivity index (χ3n) is 0.368. The fraction of sp³-hybridized carbons (Fsp3) is 0.500. The van der Waals surface area contributed by atoms with Crippen LogP contribution in [0.15, 0.2) is 12.2 Å². The van der Waals surface area contributed by atoms with Crippen molar-refractivity contribution in [1.29, 1.82) is 0 Å². The first kappa shape index (κ1) is 15.0. The first-order valence-electron chi connectivity index (χ1n) is 3.77. The Balaban J connectivity index is 0. The van der Waals surface area contributed by atoms with Crippen LogP contribution < -0.4 is 0 Å². The molecule has 0 saturated carbocycles. The molecule has 0 radical (unpaired) electrons. The number of hydrogen-bond acceptors (Lipinski definition) is 2. The van der Waals surface area contributed by atoms with Gasteiger partial charge in [0.2, 0.25) is 0 Å². The van der Waals surface area contributed by atoms with E-state index in [-0.39, 0.29) is 0 Å². The van der Waals surface area contributed by atoms with Crippen molar-refractivity contribution in [3.05, 3.63) is 12.2 Å². The maximum absolute atomic E-state index is 9.55. The summed E-state index contributed by atoms with van der Waals surface area (Å²) in [4.78, 5) is 28.7. The van der Waals surface area contributed by atoms with Crippen LogP contribution in [-0.2, 0) is 9.59 Å². The Kier molecular flexibility index (Phi) is 7.99. The van der Waals surface area contributed by atoms with Gasteiger partial charge in [0.25, 0.3) is 0 Å². The van der Waals surface area contributed by atoms with Gasteiger partial charge in [-0.15, -0.1) is 0 Å². The zero-order valence-corrected chi connectivity index (χ0v) is 11.2. The van der Waals surface area contributed by atoms with Crippen molar-refractivity contribution in [2.24, 2.45) is 0 Å². The van der Waals surface area contributed by atoms with Crippen molar-refractivity contribution >= 4 is 30.3 Å². The molecule has 4 nitrogen and oxygen atoms in total. The summed E-state index contributed by atoms with van der Waals surface area (Å²) >= 11 is -1.18. The fourth-order valence-corrected chi connectivity index (χ4v) is 0.143. The molecule has 13 heavy (non-hydrogen) atoms. The van der Waals surface area contributed by atoms with Gasteiger partial charge in [-0.2, -0.15) is 0 Å². The topological polar surface area (TPSA) is 74.6 Å². The molecule has 0 aliphatic rings. The van der Waals surface area contributed by atoms with Crippen LogP contribution in [0.1, 0.15) is 0 Å². The van der Waals surface area contributed by atoms with Crippen LogP contribution in [0.3, 0.4) is 0 Å². The van der Waals surface area contributed by atoms with Gasteiger partial charge >= 0.3 is 50.1 Å². The average molecular weight is 295 g/mol. The molecule has 0 rings (SSSR count). The Morgan fingerprint density at radius 1 is 0.923 bits per heavy atom. The number of carbonyl (C=O) groups is 2. The molecule has 0 atom stereocenters. The SMILES string of the molecule is O=C(O)/C=C\C(=O)O.[CH3][Sn]([CH3])([CH3])[CH3]. The Morgan fingerprint density at radius 3 is 1.15 bits per heavy atom. The van der Waals surface area contributed by atoms with Crippen molar-refractivity contribution in [3.8, 4) is 0 Å². The quantitative estimate of drug-likeness (QED) is 0.600. The van der Waals surface area contributed by atoms with Crippen LogP contribution in [0.4, 0.5) is 0 Å². The van der Waals surface area contributed by atoms with E-state index in [0.29, 0.717) is 12.2 Å². The molecule has 0 aromatic heterocycles. The number of carboxylic acids is 2. The molecule has 0 aromatic carbocycles. The van der Waals surface area contributed by atoms with Crippen molar-refractivity contribution in [2.75, 3.05) is 0 Å². The van der Waals surface area contributed by atoms with Gasteiger partial charge in [0, 0.05) is 12.2 Å². The standard InChI is InChI=1S/C4H4O4.4CH3.Sn/c5-3(6)1-2-4(7)8;;;;;/h1-2H,(H,5,6)(H,7,8);4*1H3;/b2-1-;;;;;. The van der Waals surface area contributed by atoms with Gasteiger partial charge in [0.1, 0.15) is 0 Å². The summed E-state index contributed by atoms with van der Waals surface area (Å²) in [5, 5.41) is 15.6. The number of rotatable bonds is 2. The second kappa shape index (κ2) is 6.94. The summed E-state index contributed by atoms with van der Waals surface area (Å²) in [6.45, 7) is 0. The molecule has 0 aromatic rings. The normalized spacial score (nSPS) is 10.5. The maximum atomic E-state index is 9.55. The molecule has 0 heterocycles. The third kappa shape index (κ3) is 51.4. The van der Waals surface area contributed by atoms with E-state index in [0.717, 1.165) is 0 Å². The first-order valence-corrected chi connectivity index (χ1v) is 15.2. The molecule has 0 aliphatic carbocycles. The molecule has 2 N–H and O–H groups in total. The molecule has 0 aliphatic heterocycles. The Labute approximate surface area is 82.1 Å². The molecule has 0 spiro atoms. The number of hydrogen-bond donors (Lipinski definition) is 2. The predicted molar refractivity (Wildman–Crippen MR) is 53.6 cm³/mol. The molecule has 5 heteroatoms. The van der Waals surface area contributed by atoms with Gasteiger partial charge in [-0.05, 0) is 0 Å². The minimum atomic E-state index is -1.26. The molecule has 0 fully saturated rings. The number of aliphatic carboxylic acids is 2. The summed E-state index contributed by atoms with van der Waals surface area (Å²) in [5.74, 6) is -2.51. The van der Waals surface area contributed by atoms with E-state index in [1.54, 1.807) is 0 Å². The van der Waals surface area contributed by atoms with Crippen molar-refractivity contribution in [2.45, 2.75) is 19.8 Å². The fourth-order valence-electron chi connectivity index (χ4n) is 0.143. The summed E-state index contributed by atoms with van der Waals surface area (Å²) in [5.41, 5.74) is 0. The van der Waals surface area contributed by atoms with Crippen molar-refractivity contribution in [3.63, 3.8) is 0 Å². The zero-order chi connectivity index (χ0) is 11.1. The first-order chi connectivity index (χ1) is 5.63. The van der Waals surface area contributed by atoms with E-state index in [9.17, 15) is 9.59 Å². The summed E-state index contributed by atoms with van der Waals surface area (Å²) < 4.78 is 0. The van der Waals surface area contributed by atoms with Crippen LogP contribution in [-0.4, -0.2) is 40.5 Å². The summed E-state index contributed by atoms with van der Waals surface area (Å²) in [6.07, 6.45) is 1.12. The molecule has 0 saturated heterocycles. The average Bonchev–Trinajstić information content (AvgIpc) is 1.79. The van der Waals surface area contributed by atoms with E-state index in [2.05, 4.69) is 19.8 Å². The van der Waals surface area contributed by atoms with Crippen LogP contribution in [0.2, 0.25) is 19.8 Å². The minimum absolute atomic E-state index is 0.558. The van der Waals surface area contributed by atoms with Gasteiger partial charge in [-0.25, -0.2) is 9.59 Å². The van der Waals surface area contributed by atoms with Crippen LogP contribution >= 0.6 is 0 Å². The van der Waals surface area contributed by atoms with E-state index >= 15 is 0 Å². The monoisotopic (exact) mass is 296 g/mol. The van der Waals surface area contributed by atoms with Gasteiger partial charge in [-0.3, -0.25) is 0 Å². The van der Waals surface area contributed by atoms with Gasteiger partial charge in [0.05, 0.1) is 0 Å². The van der Waals surface area contributed by atoms with E-state index in [1.807, 2.05) is 0 Å². The van der Waals surface area contributed by atoms with E-state index in [4.69, 9.17) is 10.2 Å². The molecular formula is C8H16O4Sn. The van der Waals surface area contributed by atoms with E-state index < -0.39 is 30.3 Å². The van der Waals surface area contributed by atoms with Crippen LogP contribution in [0.25, 0.3) is 0 Å². The second-order valence-corrected chi connectivity index (χ2v) is 21.1. The third-order valence-corrected chi connectivity index (χ3v) is 0.368. The Bertz CT molecular complexity index is 181. The second-order valence-electron chi connectivity index (χ2n) is 4.01. The van der Waals surface area contributed by atoms with Crippen LogP contribution in [0.5, 0.6) is 0 Å². The van der Waals surface area contributed by atoms with E-state index in [1.165, 1.54) is 0 Å². The molecular weight excluding hydrogens is 279 g/mol. The molecule has 0 bridgehead atoms. The Hall–Kier alpha value is -0.521. The van der Waals surface area contributed by atoms with Crippen LogP contribution in [0, 0.1) is 0 Å². The Morgan fingerprint density at radius 2 is 1.08 bits per heavy atom. The summed E-state index contributed by atoms with van der Waals surface area (Å²) in [7, 11) is 0. The summed E-state index contributed by atoms with van der Waals surface area (Å²) in [6, 6.07) is 0. The number of carboxylic acid groups (broad SMARTS) is 2.